The van der Waals surface area contributed by atoms with Crippen LogP contribution in [0.2, 0.25) is 0 Å². The van der Waals surface area contributed by atoms with Crippen LogP contribution in [0.15, 0.2) is 255 Å². The van der Waals surface area contributed by atoms with Crippen LogP contribution in [0, 0.1) is 0 Å². The average molecular weight is 1510 g/mol. The molecule has 0 N–H and O–H groups in total. The first-order valence-electron chi connectivity index (χ1n) is 42.7. The van der Waals surface area contributed by atoms with Crippen LogP contribution in [-0.2, 0) is 43.3 Å². The van der Waals surface area contributed by atoms with Crippen molar-refractivity contribution in [3.05, 3.63) is 299 Å². The van der Waals surface area contributed by atoms with Gasteiger partial charge in [0.25, 0.3) is 6.71 Å². The first-order valence-corrected chi connectivity index (χ1v) is 42.7. The maximum Gasteiger partial charge on any atom is 0.252 e. The molecule has 16 aromatic rings. The summed E-state index contributed by atoms with van der Waals surface area (Å²) in [5, 5.41) is 7.56. The molecule has 5 heterocycles. The molecule has 116 heavy (non-hydrogen) atoms. The fraction of sp³-hybridized carbons (Fsp3) is 0.291. The maximum absolute atomic E-state index is 2.66. The topological polar surface area (TPSA) is 21.3 Å². The molecule has 6 heteroatoms. The molecule has 578 valence electrons. The molecule has 0 bridgehead atoms. The fourth-order valence-electron chi connectivity index (χ4n) is 20.7. The molecule has 0 spiro atoms. The minimum Gasteiger partial charge on any atom is -0.311 e. The second-order valence-electron chi connectivity index (χ2n) is 41.6. The van der Waals surface area contributed by atoms with Gasteiger partial charge in [0.2, 0.25) is 0 Å². The molecule has 2 aliphatic heterocycles. The van der Waals surface area contributed by atoms with E-state index < -0.39 is 0 Å². The van der Waals surface area contributed by atoms with Gasteiger partial charge in [-0.1, -0.05) is 272 Å². The molecule has 0 amide bonds. The van der Waals surface area contributed by atoms with E-state index in [2.05, 4.69) is 417 Å². The van der Waals surface area contributed by atoms with Crippen molar-refractivity contribution in [1.29, 1.82) is 0 Å². The predicted molar refractivity (Wildman–Crippen MR) is 500 cm³/mol. The first kappa shape index (κ1) is 73.8. The van der Waals surface area contributed by atoms with Gasteiger partial charge in [-0.25, -0.2) is 0 Å². The van der Waals surface area contributed by atoms with Gasteiger partial charge in [0.15, 0.2) is 0 Å². The number of fused-ring (bicyclic) bond motifs is 15. The van der Waals surface area contributed by atoms with Crippen LogP contribution in [0.4, 0.5) is 34.1 Å². The van der Waals surface area contributed by atoms with Gasteiger partial charge in [0, 0.05) is 77.8 Å². The van der Waals surface area contributed by atoms with Crippen LogP contribution in [0.5, 0.6) is 0 Å². The van der Waals surface area contributed by atoms with Crippen molar-refractivity contribution in [2.45, 2.75) is 207 Å². The number of hydrogen-bond donors (Lipinski definition) is 0. The largest absolute Gasteiger partial charge is 0.311 e. The van der Waals surface area contributed by atoms with Crippen molar-refractivity contribution in [2.24, 2.45) is 0 Å². The summed E-state index contributed by atoms with van der Waals surface area (Å²) >= 11 is 0. The highest BCUT2D eigenvalue weighted by atomic mass is 15.2. The van der Waals surface area contributed by atoms with Gasteiger partial charge >= 0.3 is 0 Å². The summed E-state index contributed by atoms with van der Waals surface area (Å²) in [4.78, 5) is 5.33. The van der Waals surface area contributed by atoms with Crippen molar-refractivity contribution in [3.8, 4) is 39.3 Å². The van der Waals surface area contributed by atoms with Gasteiger partial charge in [-0.15, -0.1) is 0 Å². The number of hydrogen-bond acceptors (Lipinski definition) is 2. The number of nitrogens with zero attached hydrogens (tertiary/aromatic N) is 5. The summed E-state index contributed by atoms with van der Waals surface area (Å²) in [6, 6.07) is 101. The highest BCUT2D eigenvalue weighted by molar-refractivity contribution is 7.00. The van der Waals surface area contributed by atoms with E-state index in [1.807, 2.05) is 0 Å². The average Bonchev–Trinajstić information content (AvgIpc) is 0.830. The number of aromatic nitrogens is 3. The normalized spacial score (nSPS) is 16.2. The Bertz CT molecular complexity index is 6400. The van der Waals surface area contributed by atoms with E-state index in [1.165, 1.54) is 161 Å². The van der Waals surface area contributed by atoms with Gasteiger partial charge in [-0.05, 0) is 273 Å². The molecule has 0 unspecified atom stereocenters. The van der Waals surface area contributed by atoms with E-state index in [9.17, 15) is 0 Å². The molecule has 20 rings (SSSR count). The summed E-state index contributed by atoms with van der Waals surface area (Å²) < 4.78 is 7.69. The second kappa shape index (κ2) is 25.2. The van der Waals surface area contributed by atoms with E-state index in [0.29, 0.717) is 0 Å². The fourth-order valence-corrected chi connectivity index (χ4v) is 20.7. The van der Waals surface area contributed by atoms with Crippen molar-refractivity contribution < 1.29 is 0 Å². The van der Waals surface area contributed by atoms with E-state index >= 15 is 0 Å². The molecule has 0 saturated carbocycles. The summed E-state index contributed by atoms with van der Waals surface area (Å²) in [6.45, 7) is 47.4. The van der Waals surface area contributed by atoms with E-state index in [4.69, 9.17) is 0 Å². The SMILES string of the molecule is CC(C)(C)c1ccc2c(c1)c1ccccc1n2-c1ccc2c(c1)N(c1ccc(-c3ccc4c(c3)C(C)(C)CCC4(C)C)cc1)c1cc(-n3c4ccc(C(C)(C)C)cc4c4cc(C(C)(C)C)ccc43)cc3c1B2c1ccc(-n2c4ccccc4c4cc(C(C)(C)C)ccc42)cc1N3c1ccc(-c2ccc3c(c2)C(C)(C)CCC3(C)C)cc1. The minimum absolute atomic E-state index is 0.0331. The minimum atomic E-state index is -0.207. The third-order valence-electron chi connectivity index (χ3n) is 28.0. The standard InChI is InChI=1S/C110H110BN5/c1-103(2,3)71-35-49-94-82(59-71)80-25-21-23-27-92(80)114(94)77-43-47-90-98(63-77)112(75-39-29-67(30-40-75)69-33-45-86-88(57-69)109(17,18)55-53-107(86,13)14)100-65-79(116-96-51-37-73(105(7,8)9)61-84(96)85-62-74(106(10,11)12)38-52-97(85)116)66-101-102(100)111(90)91-48-44-78(115-93-28-24-22-26-81(93)83-60-72(104(4,5)6)36-50-95(83)115)64-99(91)113(101)76-41-31-68(32-42-76)70-34-46-87-89(58-70)110(19,20)56-54-108(87,15)16/h21-52,57-66H,53-56H2,1-20H3. The lowest BCUT2D eigenvalue weighted by Crippen LogP contribution is -2.61. The molecule has 0 saturated heterocycles. The van der Waals surface area contributed by atoms with Crippen molar-refractivity contribution in [2.75, 3.05) is 9.80 Å². The highest BCUT2D eigenvalue weighted by Gasteiger charge is 2.46. The highest BCUT2D eigenvalue weighted by Crippen LogP contribution is 2.53. The monoisotopic (exact) mass is 1510 g/mol. The van der Waals surface area contributed by atoms with Crippen LogP contribution in [-0.4, -0.2) is 20.4 Å². The third kappa shape index (κ3) is 11.5. The van der Waals surface area contributed by atoms with Crippen LogP contribution >= 0.6 is 0 Å². The zero-order chi connectivity index (χ0) is 80.8. The smallest absolute Gasteiger partial charge is 0.252 e. The summed E-state index contributed by atoms with van der Waals surface area (Å²) in [7, 11) is 0. The van der Waals surface area contributed by atoms with Crippen molar-refractivity contribution in [1.82, 2.24) is 13.7 Å². The Kier molecular flexibility index (Phi) is 16.0. The Morgan fingerprint density at radius 3 is 0.871 bits per heavy atom. The van der Waals surface area contributed by atoms with Crippen LogP contribution in [0.3, 0.4) is 0 Å². The lowest BCUT2D eigenvalue weighted by molar-refractivity contribution is 0.332. The third-order valence-corrected chi connectivity index (χ3v) is 28.0. The molecule has 2 aliphatic carbocycles. The molecule has 5 nitrogen and oxygen atoms in total. The molecule has 0 atom stereocenters. The lowest BCUT2D eigenvalue weighted by Gasteiger charge is -2.44. The van der Waals surface area contributed by atoms with Gasteiger partial charge in [0.1, 0.15) is 0 Å². The quantitative estimate of drug-likeness (QED) is 0.148. The molecular formula is C110H110BN5. The number of benzene rings is 13. The van der Waals surface area contributed by atoms with E-state index in [0.717, 1.165) is 64.0 Å². The van der Waals surface area contributed by atoms with Crippen molar-refractivity contribution >= 4 is 123 Å². The summed E-state index contributed by atoms with van der Waals surface area (Å²) in [6.07, 6.45) is 4.68. The molecule has 0 fully saturated rings. The van der Waals surface area contributed by atoms with E-state index in [1.54, 1.807) is 0 Å². The molecule has 3 aromatic heterocycles. The predicted octanol–water partition coefficient (Wildman–Crippen LogP) is 28.3. The summed E-state index contributed by atoms with van der Waals surface area (Å²) in [5.41, 5.74) is 37.3. The Balaban J connectivity index is 0.895. The molecule has 0 radical (unpaired) electrons. The summed E-state index contributed by atoms with van der Waals surface area (Å²) in [5.74, 6) is 0. The Labute approximate surface area is 687 Å². The van der Waals surface area contributed by atoms with Crippen LogP contribution in [0.25, 0.3) is 105 Å². The van der Waals surface area contributed by atoms with Gasteiger partial charge < -0.3 is 23.5 Å². The maximum atomic E-state index is 2.66. The zero-order valence-corrected chi connectivity index (χ0v) is 71.9. The molecular weight excluding hydrogens is 1400 g/mol. The van der Waals surface area contributed by atoms with Crippen LogP contribution < -0.4 is 26.2 Å². The van der Waals surface area contributed by atoms with Gasteiger partial charge in [0.05, 0.1) is 38.8 Å². The number of rotatable bonds is 7. The first-order chi connectivity index (χ1) is 55.0. The Morgan fingerprint density at radius 2 is 0.526 bits per heavy atom. The van der Waals surface area contributed by atoms with Crippen LogP contribution in [0.1, 0.15) is 209 Å². The van der Waals surface area contributed by atoms with E-state index in [-0.39, 0.29) is 50.0 Å². The number of anilines is 6. The second-order valence-corrected chi connectivity index (χ2v) is 41.6. The number of para-hydroxylation sites is 2. The van der Waals surface area contributed by atoms with Crippen molar-refractivity contribution in [3.63, 3.8) is 0 Å². The van der Waals surface area contributed by atoms with Gasteiger partial charge in [-0.2, -0.15) is 0 Å². The molecule has 4 aliphatic rings. The van der Waals surface area contributed by atoms with Gasteiger partial charge in [-0.3, -0.25) is 0 Å². The Morgan fingerprint density at radius 1 is 0.241 bits per heavy atom. The molecule has 13 aromatic carbocycles. The zero-order valence-electron chi connectivity index (χ0n) is 71.9. The lowest BCUT2D eigenvalue weighted by atomic mass is 9.33. The Hall–Kier alpha value is -11.1.